The zero-order valence-corrected chi connectivity index (χ0v) is 11.4. The molecule has 1 aromatic carbocycles. The molecule has 0 amide bonds. The number of hydrogen-bond acceptors (Lipinski definition) is 0. The van der Waals surface area contributed by atoms with Crippen molar-refractivity contribution in [3.63, 3.8) is 0 Å². The van der Waals surface area contributed by atoms with Crippen LogP contribution in [-0.2, 0) is 0 Å². The van der Waals surface area contributed by atoms with Crippen molar-refractivity contribution in [2.75, 3.05) is 0 Å². The van der Waals surface area contributed by atoms with E-state index in [1.165, 1.54) is 11.1 Å². The Morgan fingerprint density at radius 3 is 2.08 bits per heavy atom. The maximum absolute atomic E-state index is 5.93. The van der Waals surface area contributed by atoms with E-state index in [0.717, 1.165) is 5.02 Å². The van der Waals surface area contributed by atoms with Crippen molar-refractivity contribution < 1.29 is 0 Å². The van der Waals surface area contributed by atoms with E-state index >= 15 is 0 Å². The van der Waals surface area contributed by atoms with Gasteiger partial charge < -0.3 is 0 Å². The molecular formula is C10H11Br2Cl. The first kappa shape index (κ1) is 11.5. The van der Waals surface area contributed by atoms with Gasteiger partial charge in [0.2, 0.25) is 0 Å². The van der Waals surface area contributed by atoms with E-state index in [1.54, 1.807) is 0 Å². The molecular weight excluding hydrogens is 315 g/mol. The monoisotopic (exact) mass is 324 g/mol. The van der Waals surface area contributed by atoms with Crippen LogP contribution in [0.25, 0.3) is 0 Å². The Bertz CT molecular complexity index is 295. The molecule has 0 fully saturated rings. The molecule has 0 radical (unpaired) electrons. The van der Waals surface area contributed by atoms with E-state index in [9.17, 15) is 0 Å². The molecule has 2 atom stereocenters. The van der Waals surface area contributed by atoms with E-state index in [4.69, 9.17) is 11.6 Å². The van der Waals surface area contributed by atoms with Gasteiger partial charge in [-0.15, -0.1) is 0 Å². The maximum atomic E-state index is 5.93. The predicted molar refractivity (Wildman–Crippen MR) is 66.1 cm³/mol. The van der Waals surface area contributed by atoms with Crippen molar-refractivity contribution in [2.24, 2.45) is 0 Å². The lowest BCUT2D eigenvalue weighted by Crippen LogP contribution is -1.94. The second-order valence-corrected chi connectivity index (χ2v) is 6.19. The van der Waals surface area contributed by atoms with Crippen molar-refractivity contribution in [1.82, 2.24) is 0 Å². The van der Waals surface area contributed by atoms with Gasteiger partial charge >= 0.3 is 0 Å². The Morgan fingerprint density at radius 1 is 1.08 bits per heavy atom. The fraction of sp³-hybridized carbons (Fsp3) is 0.400. The highest BCUT2D eigenvalue weighted by atomic mass is 79.9. The molecule has 0 aliphatic rings. The number of hydrogen-bond donors (Lipinski definition) is 0. The maximum Gasteiger partial charge on any atom is 0.0409 e. The SMILES string of the molecule is CC(Br)c1ccc(Cl)cc1C(C)Br. The van der Waals surface area contributed by atoms with Gasteiger partial charge in [0.05, 0.1) is 0 Å². The summed E-state index contributed by atoms with van der Waals surface area (Å²) in [6.45, 7) is 4.21. The molecule has 0 bridgehead atoms. The number of rotatable bonds is 2. The number of halogens is 3. The van der Waals surface area contributed by atoms with Crippen LogP contribution in [0.15, 0.2) is 18.2 Å². The van der Waals surface area contributed by atoms with E-state index in [2.05, 4.69) is 51.8 Å². The second kappa shape index (κ2) is 4.81. The lowest BCUT2D eigenvalue weighted by atomic mass is 10.0. The largest absolute Gasteiger partial charge is 0.0843 e. The molecule has 2 unspecified atom stereocenters. The first-order valence-electron chi connectivity index (χ1n) is 4.10. The summed E-state index contributed by atoms with van der Waals surface area (Å²) in [4.78, 5) is 0.695. The lowest BCUT2D eigenvalue weighted by Gasteiger charge is -2.13. The molecule has 1 aromatic rings. The number of alkyl halides is 2. The average Bonchev–Trinajstić information content (AvgIpc) is 2.03. The van der Waals surface area contributed by atoms with Crippen LogP contribution in [0, 0.1) is 0 Å². The summed E-state index contributed by atoms with van der Waals surface area (Å²) in [5.41, 5.74) is 2.53. The van der Waals surface area contributed by atoms with Crippen molar-refractivity contribution in [3.8, 4) is 0 Å². The minimum absolute atomic E-state index is 0.334. The molecule has 0 aromatic heterocycles. The van der Waals surface area contributed by atoms with Crippen LogP contribution in [0.4, 0.5) is 0 Å². The fourth-order valence-electron chi connectivity index (χ4n) is 1.25. The zero-order chi connectivity index (χ0) is 10.0. The van der Waals surface area contributed by atoms with E-state index in [1.807, 2.05) is 12.1 Å². The topological polar surface area (TPSA) is 0 Å². The third-order valence-corrected chi connectivity index (χ3v) is 3.13. The molecule has 0 nitrogen and oxygen atoms in total. The normalized spacial score (nSPS) is 15.5. The summed E-state index contributed by atoms with van der Waals surface area (Å²) in [5.74, 6) is 0. The molecule has 0 saturated carbocycles. The Labute approximate surface area is 101 Å². The van der Waals surface area contributed by atoms with E-state index in [-0.39, 0.29) is 0 Å². The van der Waals surface area contributed by atoms with Crippen molar-refractivity contribution in [1.29, 1.82) is 0 Å². The van der Waals surface area contributed by atoms with E-state index in [0.29, 0.717) is 9.65 Å². The lowest BCUT2D eigenvalue weighted by molar-refractivity contribution is 1.02. The first-order valence-corrected chi connectivity index (χ1v) is 6.30. The Hall–Kier alpha value is 0.470. The molecule has 72 valence electrons. The summed E-state index contributed by atoms with van der Waals surface area (Å²) in [6.07, 6.45) is 0. The van der Waals surface area contributed by atoms with Crippen molar-refractivity contribution >= 4 is 43.5 Å². The van der Waals surface area contributed by atoms with Crippen LogP contribution >= 0.6 is 43.5 Å². The zero-order valence-electron chi connectivity index (χ0n) is 7.52. The first-order chi connectivity index (χ1) is 6.02. The van der Waals surface area contributed by atoms with Gasteiger partial charge in [0.15, 0.2) is 0 Å². The molecule has 0 saturated heterocycles. The molecule has 13 heavy (non-hydrogen) atoms. The predicted octanol–water partition coefficient (Wildman–Crippen LogP) is 5.25. The van der Waals surface area contributed by atoms with Gasteiger partial charge in [-0.05, 0) is 37.1 Å². The van der Waals surface area contributed by atoms with Gasteiger partial charge in [0.1, 0.15) is 0 Å². The minimum atomic E-state index is 0.334. The summed E-state index contributed by atoms with van der Waals surface area (Å²) in [5, 5.41) is 0.790. The summed E-state index contributed by atoms with van der Waals surface area (Å²) >= 11 is 13.0. The summed E-state index contributed by atoms with van der Waals surface area (Å²) in [7, 11) is 0. The van der Waals surface area contributed by atoms with Crippen LogP contribution in [0.1, 0.15) is 34.6 Å². The minimum Gasteiger partial charge on any atom is -0.0843 e. The van der Waals surface area contributed by atoms with Crippen LogP contribution in [0.3, 0.4) is 0 Å². The molecule has 1 rings (SSSR count). The third-order valence-electron chi connectivity index (χ3n) is 1.91. The highest BCUT2D eigenvalue weighted by molar-refractivity contribution is 9.09. The fourth-order valence-corrected chi connectivity index (χ4v) is 2.25. The van der Waals surface area contributed by atoms with Crippen LogP contribution in [0.5, 0.6) is 0 Å². The molecule has 0 spiro atoms. The Kier molecular flexibility index (Phi) is 4.27. The molecule has 0 N–H and O–H groups in total. The van der Waals surface area contributed by atoms with Crippen LogP contribution in [-0.4, -0.2) is 0 Å². The van der Waals surface area contributed by atoms with Gasteiger partial charge in [-0.3, -0.25) is 0 Å². The highest BCUT2D eigenvalue weighted by Gasteiger charge is 2.11. The Morgan fingerprint density at radius 2 is 1.62 bits per heavy atom. The Balaban J connectivity index is 3.19. The highest BCUT2D eigenvalue weighted by Crippen LogP contribution is 2.34. The third kappa shape index (κ3) is 2.97. The molecule has 3 heteroatoms. The molecule has 0 aliphatic carbocycles. The van der Waals surface area contributed by atoms with Crippen LogP contribution in [0.2, 0.25) is 5.02 Å². The molecule has 0 aliphatic heterocycles. The average molecular weight is 326 g/mol. The standard InChI is InChI=1S/C10H11Br2Cl/c1-6(11)9-4-3-8(13)5-10(9)7(2)12/h3-7H,1-2H3. The van der Waals surface area contributed by atoms with Crippen molar-refractivity contribution in [2.45, 2.75) is 23.5 Å². The van der Waals surface area contributed by atoms with Crippen LogP contribution < -0.4 is 0 Å². The van der Waals surface area contributed by atoms with Gasteiger partial charge in [-0.1, -0.05) is 49.5 Å². The summed E-state index contributed by atoms with van der Waals surface area (Å²) in [6, 6.07) is 6.00. The van der Waals surface area contributed by atoms with Crippen molar-refractivity contribution in [3.05, 3.63) is 34.3 Å². The van der Waals surface area contributed by atoms with Gasteiger partial charge in [0, 0.05) is 14.7 Å². The quantitative estimate of drug-likeness (QED) is 0.651. The number of benzene rings is 1. The second-order valence-electron chi connectivity index (χ2n) is 3.01. The van der Waals surface area contributed by atoms with Gasteiger partial charge in [0.25, 0.3) is 0 Å². The molecule has 0 heterocycles. The van der Waals surface area contributed by atoms with Gasteiger partial charge in [-0.2, -0.15) is 0 Å². The van der Waals surface area contributed by atoms with Gasteiger partial charge in [-0.25, -0.2) is 0 Å². The summed E-state index contributed by atoms with van der Waals surface area (Å²) < 4.78 is 0. The smallest absolute Gasteiger partial charge is 0.0409 e. The van der Waals surface area contributed by atoms with E-state index < -0.39 is 0 Å².